The maximum Gasteiger partial charge on any atom is 0.341 e. The third-order valence-electron chi connectivity index (χ3n) is 3.56. The Bertz CT molecular complexity index is 989. The molecule has 0 radical (unpaired) electrons. The number of anilines is 1. The van der Waals surface area contributed by atoms with E-state index in [1.807, 2.05) is 12.1 Å². The molecule has 0 spiro atoms. The zero-order valence-corrected chi connectivity index (χ0v) is 15.1. The Kier molecular flexibility index (Phi) is 5.35. The molecular weight excluding hydrogens is 377 g/mol. The topological polar surface area (TPSA) is 81.2 Å². The van der Waals surface area contributed by atoms with Crippen molar-refractivity contribution in [2.45, 2.75) is 13.0 Å². The Labute approximate surface area is 159 Å². The summed E-state index contributed by atoms with van der Waals surface area (Å²) in [5.74, 6) is -1.08. The number of esters is 1. The van der Waals surface area contributed by atoms with Crippen molar-refractivity contribution >= 4 is 51.8 Å². The minimum Gasteiger partial charge on any atom is -0.449 e. The summed E-state index contributed by atoms with van der Waals surface area (Å²) in [6.45, 7) is 1.45. The maximum atomic E-state index is 12.4. The highest BCUT2D eigenvalue weighted by Crippen LogP contribution is 2.23. The lowest BCUT2D eigenvalue weighted by Gasteiger charge is -2.14. The number of benzene rings is 1. The second kappa shape index (κ2) is 7.68. The first-order chi connectivity index (χ1) is 12.5. The Balaban J connectivity index is 1.73. The molecule has 0 saturated carbocycles. The summed E-state index contributed by atoms with van der Waals surface area (Å²) in [6.07, 6.45) is 1.88. The molecule has 2 aromatic heterocycles. The van der Waals surface area contributed by atoms with Crippen molar-refractivity contribution in [3.05, 3.63) is 64.4 Å². The fraction of sp³-hybridized carbons (Fsp3) is 0.111. The number of nitrogens with zero attached hydrogens (tertiary/aromatic N) is 2. The largest absolute Gasteiger partial charge is 0.449 e. The summed E-state index contributed by atoms with van der Waals surface area (Å²) in [7, 11) is 0. The highest BCUT2D eigenvalue weighted by atomic mass is 35.5. The van der Waals surface area contributed by atoms with Gasteiger partial charge in [0.25, 0.3) is 5.91 Å². The lowest BCUT2D eigenvalue weighted by Crippen LogP contribution is -2.30. The number of halogens is 2. The van der Waals surface area contributed by atoms with Gasteiger partial charge in [-0.2, -0.15) is 0 Å². The van der Waals surface area contributed by atoms with Crippen molar-refractivity contribution in [1.29, 1.82) is 0 Å². The molecule has 0 unspecified atom stereocenters. The van der Waals surface area contributed by atoms with Gasteiger partial charge in [0, 0.05) is 17.8 Å². The minimum absolute atomic E-state index is 0.135. The molecule has 1 atom stereocenters. The normalized spacial score (nSPS) is 11.8. The van der Waals surface area contributed by atoms with Gasteiger partial charge in [-0.25, -0.2) is 9.78 Å². The van der Waals surface area contributed by atoms with E-state index in [-0.39, 0.29) is 16.4 Å². The third-order valence-corrected chi connectivity index (χ3v) is 4.05. The number of rotatable bonds is 4. The molecule has 1 amide bonds. The summed E-state index contributed by atoms with van der Waals surface area (Å²) in [6, 6.07) is 10.2. The van der Waals surface area contributed by atoms with Crippen LogP contribution >= 0.6 is 23.2 Å². The fourth-order valence-electron chi connectivity index (χ4n) is 2.27. The van der Waals surface area contributed by atoms with Gasteiger partial charge in [0.1, 0.15) is 0 Å². The molecule has 0 fully saturated rings. The van der Waals surface area contributed by atoms with Crippen LogP contribution in [0.1, 0.15) is 17.3 Å². The molecule has 0 aliphatic carbocycles. The standard InChI is InChI=1S/C18H13Cl2N3O3/c1-10(17(24)23-16-14(20)8-12(19)9-22-16)26-18(25)13-6-2-4-11-5-3-7-21-15(11)13/h2-10H,1H3,(H,22,23,24)/t10-/m0/s1. The van der Waals surface area contributed by atoms with Crippen molar-refractivity contribution in [3.63, 3.8) is 0 Å². The molecule has 3 aromatic rings. The second-order valence-corrected chi connectivity index (χ2v) is 6.25. The number of pyridine rings is 2. The van der Waals surface area contributed by atoms with Crippen LogP contribution in [0.5, 0.6) is 0 Å². The van der Waals surface area contributed by atoms with Gasteiger partial charge in [0.05, 0.1) is 21.1 Å². The summed E-state index contributed by atoms with van der Waals surface area (Å²) in [5.41, 5.74) is 0.792. The fourth-order valence-corrected chi connectivity index (χ4v) is 2.70. The highest BCUT2D eigenvalue weighted by Gasteiger charge is 2.21. The molecule has 0 aliphatic heterocycles. The number of nitrogens with one attached hydrogen (secondary N) is 1. The van der Waals surface area contributed by atoms with Gasteiger partial charge in [0.15, 0.2) is 11.9 Å². The molecule has 1 aromatic carbocycles. The number of hydrogen-bond acceptors (Lipinski definition) is 5. The van der Waals surface area contributed by atoms with Gasteiger partial charge in [0.2, 0.25) is 0 Å². The van der Waals surface area contributed by atoms with Crippen LogP contribution in [0, 0.1) is 0 Å². The van der Waals surface area contributed by atoms with E-state index in [0.717, 1.165) is 5.39 Å². The molecule has 8 heteroatoms. The van der Waals surface area contributed by atoms with Crippen molar-refractivity contribution < 1.29 is 14.3 Å². The second-order valence-electron chi connectivity index (χ2n) is 5.40. The molecule has 1 N–H and O–H groups in total. The quantitative estimate of drug-likeness (QED) is 0.678. The SMILES string of the molecule is C[C@H](OC(=O)c1cccc2cccnc12)C(=O)Nc1ncc(Cl)cc1Cl. The number of aromatic nitrogens is 2. The van der Waals surface area contributed by atoms with Crippen LogP contribution in [0.15, 0.2) is 48.8 Å². The summed E-state index contributed by atoms with van der Waals surface area (Å²) in [5, 5.41) is 3.83. The van der Waals surface area contributed by atoms with Gasteiger partial charge < -0.3 is 10.1 Å². The number of ether oxygens (including phenoxy) is 1. The van der Waals surface area contributed by atoms with E-state index in [0.29, 0.717) is 10.5 Å². The van der Waals surface area contributed by atoms with Crippen LogP contribution in [0.4, 0.5) is 5.82 Å². The molecule has 26 heavy (non-hydrogen) atoms. The van der Waals surface area contributed by atoms with Crippen molar-refractivity contribution in [2.75, 3.05) is 5.32 Å². The molecule has 3 rings (SSSR count). The summed E-state index contributed by atoms with van der Waals surface area (Å²) < 4.78 is 5.25. The summed E-state index contributed by atoms with van der Waals surface area (Å²) in [4.78, 5) is 32.8. The van der Waals surface area contributed by atoms with Gasteiger partial charge >= 0.3 is 5.97 Å². The van der Waals surface area contributed by atoms with Crippen LogP contribution in [-0.2, 0) is 9.53 Å². The lowest BCUT2D eigenvalue weighted by atomic mass is 10.1. The van der Waals surface area contributed by atoms with Gasteiger partial charge in [-0.1, -0.05) is 41.4 Å². The predicted octanol–water partition coefficient (Wildman–Crippen LogP) is 4.12. The van der Waals surface area contributed by atoms with Crippen LogP contribution in [0.3, 0.4) is 0 Å². The van der Waals surface area contributed by atoms with Crippen molar-refractivity contribution in [2.24, 2.45) is 0 Å². The van der Waals surface area contributed by atoms with Crippen LogP contribution in [0.2, 0.25) is 10.0 Å². The first kappa shape index (κ1) is 18.1. The molecule has 2 heterocycles. The first-order valence-electron chi connectivity index (χ1n) is 7.62. The molecule has 6 nitrogen and oxygen atoms in total. The third kappa shape index (κ3) is 3.92. The van der Waals surface area contributed by atoms with E-state index >= 15 is 0 Å². The minimum atomic E-state index is -1.06. The maximum absolute atomic E-state index is 12.4. The van der Waals surface area contributed by atoms with E-state index in [2.05, 4.69) is 15.3 Å². The monoisotopic (exact) mass is 389 g/mol. The van der Waals surface area contributed by atoms with Crippen LogP contribution in [-0.4, -0.2) is 27.9 Å². The van der Waals surface area contributed by atoms with E-state index < -0.39 is 18.0 Å². The Morgan fingerprint density at radius 3 is 2.69 bits per heavy atom. The van der Waals surface area contributed by atoms with E-state index in [1.54, 1.807) is 24.4 Å². The van der Waals surface area contributed by atoms with Crippen LogP contribution < -0.4 is 5.32 Å². The van der Waals surface area contributed by atoms with Crippen LogP contribution in [0.25, 0.3) is 10.9 Å². The molecule has 132 valence electrons. The average molecular weight is 390 g/mol. The molecule has 0 bridgehead atoms. The van der Waals surface area contributed by atoms with Gasteiger partial charge in [-0.3, -0.25) is 9.78 Å². The van der Waals surface area contributed by atoms with Crippen molar-refractivity contribution in [3.8, 4) is 0 Å². The number of para-hydroxylation sites is 1. The number of carbonyl (C=O) groups excluding carboxylic acids is 2. The Morgan fingerprint density at radius 1 is 1.15 bits per heavy atom. The first-order valence-corrected chi connectivity index (χ1v) is 8.38. The van der Waals surface area contributed by atoms with Gasteiger partial charge in [-0.05, 0) is 25.1 Å². The van der Waals surface area contributed by atoms with Crippen molar-refractivity contribution in [1.82, 2.24) is 9.97 Å². The number of amides is 1. The van der Waals surface area contributed by atoms with E-state index in [1.165, 1.54) is 19.2 Å². The highest BCUT2D eigenvalue weighted by molar-refractivity contribution is 6.36. The average Bonchev–Trinajstić information content (AvgIpc) is 2.63. The zero-order chi connectivity index (χ0) is 18.7. The summed E-state index contributed by atoms with van der Waals surface area (Å²) >= 11 is 11.7. The molecule has 0 aliphatic rings. The molecular formula is C18H13Cl2N3O3. The smallest absolute Gasteiger partial charge is 0.341 e. The number of carbonyl (C=O) groups is 2. The Hall–Kier alpha value is -2.70. The Morgan fingerprint density at radius 2 is 1.92 bits per heavy atom. The lowest BCUT2D eigenvalue weighted by molar-refractivity contribution is -0.123. The van der Waals surface area contributed by atoms with Gasteiger partial charge in [-0.15, -0.1) is 0 Å². The zero-order valence-electron chi connectivity index (χ0n) is 13.6. The molecule has 0 saturated heterocycles. The number of fused-ring (bicyclic) bond motifs is 1. The van der Waals surface area contributed by atoms with E-state index in [9.17, 15) is 9.59 Å². The predicted molar refractivity (Wildman–Crippen MR) is 99.5 cm³/mol. The number of hydrogen-bond donors (Lipinski definition) is 1. The van der Waals surface area contributed by atoms with E-state index in [4.69, 9.17) is 27.9 Å².